The molecule has 0 bridgehead atoms. The van der Waals surface area contributed by atoms with Crippen molar-refractivity contribution in [2.45, 2.75) is 49.0 Å². The van der Waals surface area contributed by atoms with Crippen LogP contribution in [-0.2, 0) is 19.0 Å². The van der Waals surface area contributed by atoms with Crippen LogP contribution in [0.15, 0.2) is 28.6 Å². The standard InChI is InChI=1S/C17H23NO6S2/c1-17(2)23-11(9-15(19)22-3)8-12(24-17)10-26(20,21)16-18-13-6-4-5-7-14(13)25-16/h4-7,11-12,20-21H,8-10H2,1-3H3/t11-,12?/m1/s1. The van der Waals surface area contributed by atoms with Crippen LogP contribution >= 0.6 is 21.9 Å². The molecule has 1 unspecified atom stereocenters. The van der Waals surface area contributed by atoms with Gasteiger partial charge in [-0.25, -0.2) is 4.98 Å². The van der Waals surface area contributed by atoms with Gasteiger partial charge in [0.25, 0.3) is 0 Å². The van der Waals surface area contributed by atoms with E-state index in [0.29, 0.717) is 10.8 Å². The molecule has 1 aromatic carbocycles. The molecule has 1 aromatic heterocycles. The van der Waals surface area contributed by atoms with E-state index in [4.69, 9.17) is 14.2 Å². The maximum atomic E-state index is 11.6. The van der Waals surface area contributed by atoms with Gasteiger partial charge in [0.05, 0.1) is 41.7 Å². The SMILES string of the molecule is COC(=O)C[C@H]1CC(CS(O)(O)c2nc3ccccc3s2)OC(C)(C)O1. The van der Waals surface area contributed by atoms with Gasteiger partial charge in [-0.05, 0) is 26.0 Å². The number of para-hydroxylation sites is 1. The van der Waals surface area contributed by atoms with Gasteiger partial charge in [-0.3, -0.25) is 13.9 Å². The molecule has 1 saturated heterocycles. The number of rotatable bonds is 5. The Morgan fingerprint density at radius 2 is 2.04 bits per heavy atom. The quantitative estimate of drug-likeness (QED) is 0.734. The second-order valence-corrected chi connectivity index (χ2v) is 10.0. The molecule has 0 aliphatic carbocycles. The average molecular weight is 402 g/mol. The molecule has 0 spiro atoms. The minimum absolute atomic E-state index is 0.0112. The smallest absolute Gasteiger partial charge is 0.308 e. The van der Waals surface area contributed by atoms with E-state index < -0.39 is 28.6 Å². The van der Waals surface area contributed by atoms with Gasteiger partial charge >= 0.3 is 5.97 Å². The number of fused-ring (bicyclic) bond motifs is 1. The number of hydrogen-bond acceptors (Lipinski definition) is 8. The van der Waals surface area contributed by atoms with Crippen molar-refractivity contribution in [1.29, 1.82) is 0 Å². The largest absolute Gasteiger partial charge is 0.469 e. The molecule has 2 aromatic rings. The van der Waals surface area contributed by atoms with Crippen LogP contribution in [0.3, 0.4) is 0 Å². The third-order valence-electron chi connectivity index (χ3n) is 4.02. The van der Waals surface area contributed by atoms with Crippen molar-refractivity contribution in [2.24, 2.45) is 0 Å². The molecular weight excluding hydrogens is 378 g/mol. The van der Waals surface area contributed by atoms with E-state index in [1.807, 2.05) is 24.3 Å². The fraction of sp³-hybridized carbons (Fsp3) is 0.529. The van der Waals surface area contributed by atoms with Crippen LogP contribution in [0.1, 0.15) is 26.7 Å². The van der Waals surface area contributed by atoms with Crippen LogP contribution in [0.25, 0.3) is 10.2 Å². The van der Waals surface area contributed by atoms with Gasteiger partial charge in [0, 0.05) is 6.42 Å². The fourth-order valence-electron chi connectivity index (χ4n) is 3.04. The summed E-state index contributed by atoms with van der Waals surface area (Å²) in [6.45, 7) is 3.49. The monoisotopic (exact) mass is 401 g/mol. The summed E-state index contributed by atoms with van der Waals surface area (Å²) in [6.07, 6.45) is -0.397. The van der Waals surface area contributed by atoms with Crippen LogP contribution in [-0.4, -0.2) is 50.9 Å². The lowest BCUT2D eigenvalue weighted by Crippen LogP contribution is -2.47. The zero-order valence-electron chi connectivity index (χ0n) is 14.9. The molecular formula is C17H23NO6S2. The summed E-state index contributed by atoms with van der Waals surface area (Å²) in [5, 5.41) is 0. The summed E-state index contributed by atoms with van der Waals surface area (Å²) in [5.41, 5.74) is 0.740. The van der Waals surface area contributed by atoms with Gasteiger partial charge in [-0.2, -0.15) is 0 Å². The number of hydrogen-bond donors (Lipinski definition) is 2. The van der Waals surface area contributed by atoms with Crippen molar-refractivity contribution in [2.75, 3.05) is 12.9 Å². The summed E-state index contributed by atoms with van der Waals surface area (Å²) in [4.78, 5) is 15.9. The van der Waals surface area contributed by atoms with Gasteiger partial charge in [0.15, 0.2) is 5.79 Å². The molecule has 9 heteroatoms. The van der Waals surface area contributed by atoms with Crippen LogP contribution in [0.4, 0.5) is 0 Å². The first kappa shape index (κ1) is 19.5. The van der Waals surface area contributed by atoms with Gasteiger partial charge in [-0.15, -0.1) is 10.6 Å². The minimum atomic E-state index is -3.12. The van der Waals surface area contributed by atoms with Crippen LogP contribution in [0.2, 0.25) is 0 Å². The highest BCUT2D eigenvalue weighted by Crippen LogP contribution is 2.52. The van der Waals surface area contributed by atoms with Crippen molar-refractivity contribution < 1.29 is 28.1 Å². The lowest BCUT2D eigenvalue weighted by molar-refractivity contribution is -0.295. The number of aromatic nitrogens is 1. The molecule has 0 saturated carbocycles. The first-order valence-electron chi connectivity index (χ1n) is 8.22. The number of esters is 1. The van der Waals surface area contributed by atoms with Crippen LogP contribution in [0, 0.1) is 0 Å². The number of nitrogens with zero attached hydrogens (tertiary/aromatic N) is 1. The zero-order chi connectivity index (χ0) is 18.9. The van der Waals surface area contributed by atoms with Crippen LogP contribution in [0.5, 0.6) is 0 Å². The molecule has 2 atom stereocenters. The molecule has 3 rings (SSSR count). The molecule has 7 nitrogen and oxygen atoms in total. The van der Waals surface area contributed by atoms with Gasteiger partial charge in [0.2, 0.25) is 4.34 Å². The number of ether oxygens (including phenoxy) is 3. The van der Waals surface area contributed by atoms with Crippen molar-refractivity contribution in [3.63, 3.8) is 0 Å². The molecule has 2 heterocycles. The minimum Gasteiger partial charge on any atom is -0.469 e. The summed E-state index contributed by atoms with van der Waals surface area (Å²) in [6, 6.07) is 7.48. The molecule has 1 aliphatic rings. The van der Waals surface area contributed by atoms with Crippen molar-refractivity contribution in [3.05, 3.63) is 24.3 Å². The highest BCUT2D eigenvalue weighted by atomic mass is 32.3. The predicted molar refractivity (Wildman–Crippen MR) is 101 cm³/mol. The second-order valence-electron chi connectivity index (χ2n) is 6.68. The Balaban J connectivity index is 1.75. The summed E-state index contributed by atoms with van der Waals surface area (Å²) in [5.74, 6) is -1.29. The first-order chi connectivity index (χ1) is 12.2. The Morgan fingerprint density at radius 3 is 2.73 bits per heavy atom. The van der Waals surface area contributed by atoms with E-state index in [1.54, 1.807) is 13.8 Å². The average Bonchev–Trinajstić information content (AvgIpc) is 2.97. The van der Waals surface area contributed by atoms with Gasteiger partial charge in [-0.1, -0.05) is 23.5 Å². The number of benzene rings is 1. The van der Waals surface area contributed by atoms with Gasteiger partial charge in [0.1, 0.15) is 0 Å². The highest BCUT2D eigenvalue weighted by molar-refractivity contribution is 8.25. The molecule has 26 heavy (non-hydrogen) atoms. The van der Waals surface area contributed by atoms with E-state index in [1.165, 1.54) is 18.4 Å². The topological polar surface area (TPSA) is 98.1 Å². The van der Waals surface area contributed by atoms with E-state index in [-0.39, 0.29) is 18.1 Å². The summed E-state index contributed by atoms with van der Waals surface area (Å²) >= 11 is 1.27. The Bertz CT molecular complexity index is 757. The number of thiazole rings is 1. The Kier molecular flexibility index (Phi) is 5.57. The zero-order valence-corrected chi connectivity index (χ0v) is 16.5. The summed E-state index contributed by atoms with van der Waals surface area (Å²) in [7, 11) is -1.79. The van der Waals surface area contributed by atoms with Crippen LogP contribution < -0.4 is 0 Å². The summed E-state index contributed by atoms with van der Waals surface area (Å²) < 4.78 is 38.9. The van der Waals surface area contributed by atoms with Crippen molar-refractivity contribution in [1.82, 2.24) is 4.98 Å². The Morgan fingerprint density at radius 1 is 1.35 bits per heavy atom. The predicted octanol–water partition coefficient (Wildman–Crippen LogP) is 3.88. The lowest BCUT2D eigenvalue weighted by Gasteiger charge is -2.43. The molecule has 0 amide bonds. The molecule has 144 valence electrons. The number of methoxy groups -OCH3 is 1. The normalized spacial score (nSPS) is 23.7. The van der Waals surface area contributed by atoms with Gasteiger partial charge < -0.3 is 14.2 Å². The fourth-order valence-corrected chi connectivity index (χ4v) is 5.85. The molecule has 2 N–H and O–H groups in total. The van der Waals surface area contributed by atoms with Crippen molar-refractivity contribution >= 4 is 38.1 Å². The second kappa shape index (κ2) is 7.41. The van der Waals surface area contributed by atoms with E-state index in [2.05, 4.69) is 4.98 Å². The number of carbonyl (C=O) groups excluding carboxylic acids is 1. The maximum absolute atomic E-state index is 11.6. The molecule has 1 aliphatic heterocycles. The highest BCUT2D eigenvalue weighted by Gasteiger charge is 2.39. The first-order valence-corrected chi connectivity index (χ1v) is 10.8. The Hall–Kier alpha value is -1.23. The van der Waals surface area contributed by atoms with E-state index in [0.717, 1.165) is 10.2 Å². The van der Waals surface area contributed by atoms with Crippen molar-refractivity contribution in [3.8, 4) is 0 Å². The molecule has 0 radical (unpaired) electrons. The Labute approximate surface area is 157 Å². The molecule has 1 fully saturated rings. The maximum Gasteiger partial charge on any atom is 0.308 e. The number of carbonyl (C=O) groups is 1. The van der Waals surface area contributed by atoms with E-state index in [9.17, 15) is 13.9 Å². The lowest BCUT2D eigenvalue weighted by atomic mass is 10.1. The third kappa shape index (κ3) is 4.54. The third-order valence-corrected chi connectivity index (χ3v) is 7.39. The van der Waals surface area contributed by atoms with E-state index >= 15 is 0 Å².